The Balaban J connectivity index is 2.56. The molecule has 1 saturated heterocycles. The smallest absolute Gasteiger partial charge is 0.108 e. The molecule has 0 aromatic heterocycles. The van der Waals surface area contributed by atoms with Crippen LogP contribution in [0.4, 0.5) is 0 Å². The Bertz CT molecular complexity index is 163. The second kappa shape index (κ2) is 2.57. The fourth-order valence-electron chi connectivity index (χ4n) is 1.22. The maximum absolute atomic E-state index is 8.64. The fourth-order valence-corrected chi connectivity index (χ4v) is 1.22. The third-order valence-corrected chi connectivity index (χ3v) is 1.82. The molecule has 2 unspecified atom stereocenters. The Hall–Kier alpha value is -0.590. The van der Waals surface area contributed by atoms with E-state index in [9.17, 15) is 0 Å². The third-order valence-electron chi connectivity index (χ3n) is 1.82. The van der Waals surface area contributed by atoms with E-state index in [4.69, 9.17) is 15.7 Å². The van der Waals surface area contributed by atoms with Crippen molar-refractivity contribution in [3.63, 3.8) is 0 Å². The number of ether oxygens (including phenoxy) is 1. The van der Waals surface area contributed by atoms with Crippen LogP contribution in [-0.4, -0.2) is 18.2 Å². The van der Waals surface area contributed by atoms with E-state index < -0.39 is 5.54 Å². The Morgan fingerprint density at radius 1 is 1.80 bits per heavy atom. The summed E-state index contributed by atoms with van der Waals surface area (Å²) in [5, 5.41) is 8.64. The van der Waals surface area contributed by atoms with Gasteiger partial charge in [-0.3, -0.25) is 0 Å². The predicted molar refractivity (Wildman–Crippen MR) is 37.2 cm³/mol. The van der Waals surface area contributed by atoms with Crippen molar-refractivity contribution >= 4 is 0 Å². The molecule has 1 heterocycles. The van der Waals surface area contributed by atoms with Gasteiger partial charge in [-0.2, -0.15) is 5.26 Å². The number of nitrogens with zero attached hydrogens (tertiary/aromatic N) is 1. The number of hydrogen-bond acceptors (Lipinski definition) is 3. The van der Waals surface area contributed by atoms with Crippen LogP contribution < -0.4 is 5.73 Å². The standard InChI is InChI=1S/C7H12N2O/c1-6-4-7(9,5-8)2-3-10-6/h6H,2-4,9H2,1H3. The summed E-state index contributed by atoms with van der Waals surface area (Å²) in [6, 6.07) is 2.11. The molecule has 2 N–H and O–H groups in total. The van der Waals surface area contributed by atoms with Gasteiger partial charge in [-0.1, -0.05) is 0 Å². The molecule has 0 amide bonds. The largest absolute Gasteiger partial charge is 0.378 e. The van der Waals surface area contributed by atoms with Gasteiger partial charge in [0.2, 0.25) is 0 Å². The molecule has 56 valence electrons. The lowest BCUT2D eigenvalue weighted by atomic mass is 9.90. The first-order valence-corrected chi connectivity index (χ1v) is 3.48. The van der Waals surface area contributed by atoms with Crippen LogP contribution in [0.25, 0.3) is 0 Å². The summed E-state index contributed by atoms with van der Waals surface area (Å²) >= 11 is 0. The van der Waals surface area contributed by atoms with E-state index in [1.807, 2.05) is 6.92 Å². The monoisotopic (exact) mass is 140 g/mol. The van der Waals surface area contributed by atoms with Gasteiger partial charge in [0.25, 0.3) is 0 Å². The van der Waals surface area contributed by atoms with Gasteiger partial charge in [0.15, 0.2) is 0 Å². The van der Waals surface area contributed by atoms with Crippen LogP contribution in [0, 0.1) is 11.3 Å². The van der Waals surface area contributed by atoms with Crippen LogP contribution in [0.2, 0.25) is 0 Å². The average Bonchev–Trinajstić information content (AvgIpc) is 1.88. The number of nitrogens with two attached hydrogens (primary N) is 1. The van der Waals surface area contributed by atoms with Crippen molar-refractivity contribution in [3.8, 4) is 6.07 Å². The van der Waals surface area contributed by atoms with Crippen molar-refractivity contribution in [1.82, 2.24) is 0 Å². The van der Waals surface area contributed by atoms with E-state index in [0.29, 0.717) is 19.4 Å². The number of hydrogen-bond donors (Lipinski definition) is 1. The zero-order valence-electron chi connectivity index (χ0n) is 6.13. The molecule has 1 rings (SSSR count). The molecule has 2 atom stereocenters. The van der Waals surface area contributed by atoms with Gasteiger partial charge < -0.3 is 10.5 Å². The molecular formula is C7H12N2O. The summed E-state index contributed by atoms with van der Waals surface area (Å²) < 4.78 is 5.24. The third kappa shape index (κ3) is 1.47. The highest BCUT2D eigenvalue weighted by molar-refractivity contribution is 5.06. The van der Waals surface area contributed by atoms with Crippen LogP contribution in [-0.2, 0) is 4.74 Å². The highest BCUT2D eigenvalue weighted by Crippen LogP contribution is 2.20. The van der Waals surface area contributed by atoms with Crippen LogP contribution in [0.15, 0.2) is 0 Å². The van der Waals surface area contributed by atoms with Gasteiger partial charge in [-0.25, -0.2) is 0 Å². The molecular weight excluding hydrogens is 128 g/mol. The summed E-state index contributed by atoms with van der Waals surface area (Å²) in [7, 11) is 0. The molecule has 1 fully saturated rings. The molecule has 3 heteroatoms. The normalized spacial score (nSPS) is 40.7. The highest BCUT2D eigenvalue weighted by atomic mass is 16.5. The van der Waals surface area contributed by atoms with E-state index in [-0.39, 0.29) is 6.10 Å². The van der Waals surface area contributed by atoms with Crippen LogP contribution in [0.5, 0.6) is 0 Å². The van der Waals surface area contributed by atoms with Crippen LogP contribution >= 0.6 is 0 Å². The summed E-state index contributed by atoms with van der Waals surface area (Å²) in [4.78, 5) is 0. The second-order valence-electron chi connectivity index (χ2n) is 2.90. The van der Waals surface area contributed by atoms with Gasteiger partial charge in [-0.05, 0) is 6.92 Å². The SMILES string of the molecule is CC1CC(N)(C#N)CCO1. The van der Waals surface area contributed by atoms with E-state index >= 15 is 0 Å². The molecule has 0 aromatic rings. The van der Waals surface area contributed by atoms with Crippen LogP contribution in [0.1, 0.15) is 19.8 Å². The first-order chi connectivity index (χ1) is 4.66. The number of nitriles is 1. The minimum Gasteiger partial charge on any atom is -0.378 e. The van der Waals surface area contributed by atoms with Crippen LogP contribution in [0.3, 0.4) is 0 Å². The minimum atomic E-state index is -0.627. The maximum Gasteiger partial charge on any atom is 0.108 e. The fraction of sp³-hybridized carbons (Fsp3) is 0.857. The highest BCUT2D eigenvalue weighted by Gasteiger charge is 2.31. The van der Waals surface area contributed by atoms with Gasteiger partial charge in [0, 0.05) is 19.4 Å². The minimum absolute atomic E-state index is 0.137. The topological polar surface area (TPSA) is 59.0 Å². The summed E-state index contributed by atoms with van der Waals surface area (Å²) in [5.41, 5.74) is 5.08. The maximum atomic E-state index is 8.64. The van der Waals surface area contributed by atoms with Gasteiger partial charge in [-0.15, -0.1) is 0 Å². The lowest BCUT2D eigenvalue weighted by molar-refractivity contribution is 0.00593. The lowest BCUT2D eigenvalue weighted by Gasteiger charge is -2.30. The lowest BCUT2D eigenvalue weighted by Crippen LogP contribution is -2.46. The van der Waals surface area contributed by atoms with E-state index in [2.05, 4.69) is 6.07 Å². The summed E-state index contributed by atoms with van der Waals surface area (Å²) in [6.07, 6.45) is 1.45. The molecule has 0 spiro atoms. The predicted octanol–water partition coefficient (Wildman–Crippen LogP) is 0.406. The van der Waals surface area contributed by atoms with E-state index in [1.165, 1.54) is 0 Å². The second-order valence-corrected chi connectivity index (χ2v) is 2.90. The van der Waals surface area contributed by atoms with Crippen molar-refractivity contribution in [2.24, 2.45) is 5.73 Å². The molecule has 10 heavy (non-hydrogen) atoms. The summed E-state index contributed by atoms with van der Waals surface area (Å²) in [5.74, 6) is 0. The van der Waals surface area contributed by atoms with E-state index in [1.54, 1.807) is 0 Å². The van der Waals surface area contributed by atoms with Gasteiger partial charge in [0.1, 0.15) is 5.54 Å². The van der Waals surface area contributed by atoms with Crippen molar-refractivity contribution in [2.45, 2.75) is 31.4 Å². The Labute approximate surface area is 60.8 Å². The molecule has 0 aliphatic carbocycles. The molecule has 1 aliphatic heterocycles. The summed E-state index contributed by atoms with van der Waals surface area (Å²) in [6.45, 7) is 2.56. The molecule has 0 aromatic carbocycles. The zero-order chi connectivity index (χ0) is 7.61. The van der Waals surface area contributed by atoms with Gasteiger partial charge >= 0.3 is 0 Å². The molecule has 1 aliphatic rings. The van der Waals surface area contributed by atoms with Gasteiger partial charge in [0.05, 0.1) is 12.2 Å². The van der Waals surface area contributed by atoms with Crippen molar-refractivity contribution in [1.29, 1.82) is 5.26 Å². The first kappa shape index (κ1) is 7.52. The Morgan fingerprint density at radius 3 is 2.90 bits per heavy atom. The Kier molecular flexibility index (Phi) is 1.93. The molecule has 0 saturated carbocycles. The molecule has 3 nitrogen and oxygen atoms in total. The van der Waals surface area contributed by atoms with Crippen molar-refractivity contribution in [2.75, 3.05) is 6.61 Å². The Morgan fingerprint density at radius 2 is 2.50 bits per heavy atom. The zero-order valence-corrected chi connectivity index (χ0v) is 6.13. The van der Waals surface area contributed by atoms with Crippen molar-refractivity contribution < 1.29 is 4.74 Å². The average molecular weight is 140 g/mol. The molecule has 0 radical (unpaired) electrons. The number of rotatable bonds is 0. The van der Waals surface area contributed by atoms with E-state index in [0.717, 1.165) is 0 Å². The van der Waals surface area contributed by atoms with Crippen molar-refractivity contribution in [3.05, 3.63) is 0 Å². The quantitative estimate of drug-likeness (QED) is 0.530. The first-order valence-electron chi connectivity index (χ1n) is 3.48. The molecule has 0 bridgehead atoms.